The Labute approximate surface area is 162 Å². The molecule has 3 aromatic rings. The number of nitrogens with one attached hydrogen (secondary N) is 2. The number of sulfonamides is 1. The number of amides is 1. The average molecular weight is 404 g/mol. The molecule has 0 radical (unpaired) electrons. The van der Waals surface area contributed by atoms with E-state index in [4.69, 9.17) is 0 Å². The van der Waals surface area contributed by atoms with Crippen LogP contribution in [0.25, 0.3) is 10.2 Å². The fourth-order valence-corrected chi connectivity index (χ4v) is 4.93. The lowest BCUT2D eigenvalue weighted by Crippen LogP contribution is -2.46. The maximum Gasteiger partial charge on any atom is 0.244 e. The van der Waals surface area contributed by atoms with Crippen LogP contribution in [0.1, 0.15) is 19.4 Å². The van der Waals surface area contributed by atoms with Gasteiger partial charge in [0.05, 0.1) is 15.1 Å². The summed E-state index contributed by atoms with van der Waals surface area (Å²) in [4.78, 5) is 17.3. The molecule has 0 unspecified atom stereocenters. The van der Waals surface area contributed by atoms with E-state index in [-0.39, 0.29) is 10.8 Å². The summed E-state index contributed by atoms with van der Waals surface area (Å²) in [6.07, 6.45) is 0. The molecule has 8 heteroatoms. The molecule has 1 aromatic heterocycles. The first-order chi connectivity index (χ1) is 12.8. The zero-order valence-corrected chi connectivity index (χ0v) is 16.9. The van der Waals surface area contributed by atoms with Crippen molar-refractivity contribution in [3.63, 3.8) is 0 Å². The van der Waals surface area contributed by atoms with Crippen molar-refractivity contribution in [1.29, 1.82) is 0 Å². The van der Waals surface area contributed by atoms with Gasteiger partial charge in [-0.3, -0.25) is 4.79 Å². The molecule has 142 valence electrons. The van der Waals surface area contributed by atoms with E-state index in [0.29, 0.717) is 5.13 Å². The maximum absolute atomic E-state index is 12.7. The number of hydrogen-bond acceptors (Lipinski definition) is 5. The largest absolute Gasteiger partial charge is 0.301 e. The lowest BCUT2D eigenvalue weighted by atomic mass is 10.1. The van der Waals surface area contributed by atoms with Crippen molar-refractivity contribution in [3.05, 3.63) is 54.1 Å². The van der Waals surface area contributed by atoms with Gasteiger partial charge in [-0.15, -0.1) is 0 Å². The molecule has 0 aliphatic heterocycles. The molecule has 2 aromatic carbocycles. The summed E-state index contributed by atoms with van der Waals surface area (Å²) >= 11 is 1.36. The Bertz CT molecular complexity index is 1060. The number of benzene rings is 2. The van der Waals surface area contributed by atoms with Crippen LogP contribution in [-0.4, -0.2) is 25.4 Å². The van der Waals surface area contributed by atoms with Crippen molar-refractivity contribution in [1.82, 2.24) is 9.71 Å². The first kappa shape index (κ1) is 19.5. The van der Waals surface area contributed by atoms with Crippen molar-refractivity contribution in [2.75, 3.05) is 5.32 Å². The predicted octanol–water partition coefficient (Wildman–Crippen LogP) is 3.55. The number of fused-ring (bicyclic) bond motifs is 1. The molecule has 6 nitrogen and oxygen atoms in total. The molecule has 3 rings (SSSR count). The lowest BCUT2D eigenvalue weighted by Gasteiger charge is -2.21. The molecule has 27 heavy (non-hydrogen) atoms. The Hall–Kier alpha value is -2.29. The maximum atomic E-state index is 12.7. The van der Waals surface area contributed by atoms with Gasteiger partial charge in [0.1, 0.15) is 6.04 Å². The Morgan fingerprint density at radius 1 is 1.11 bits per heavy atom. The van der Waals surface area contributed by atoms with Gasteiger partial charge >= 0.3 is 0 Å². The SMILES string of the molecule is Cc1ccc2nc(NC(=O)[C@@H](NS(=O)(=O)c3ccccc3)C(C)C)sc2c1. The van der Waals surface area contributed by atoms with Crippen LogP contribution in [0.3, 0.4) is 0 Å². The van der Waals surface area contributed by atoms with Crippen molar-refractivity contribution in [2.24, 2.45) is 5.92 Å². The number of anilines is 1. The van der Waals surface area contributed by atoms with Gasteiger partial charge in [-0.05, 0) is 42.7 Å². The van der Waals surface area contributed by atoms with Gasteiger partial charge in [0, 0.05) is 0 Å². The molecule has 1 amide bonds. The molecule has 0 aliphatic rings. The standard InChI is InChI=1S/C19H21N3O3S2/c1-12(2)17(22-27(24,25)14-7-5-4-6-8-14)18(23)21-19-20-15-10-9-13(3)11-16(15)26-19/h4-12,17,22H,1-3H3,(H,20,21,23)/t17-/m0/s1. The highest BCUT2D eigenvalue weighted by molar-refractivity contribution is 7.89. The van der Waals surface area contributed by atoms with E-state index >= 15 is 0 Å². The van der Waals surface area contributed by atoms with E-state index in [2.05, 4.69) is 15.0 Å². The van der Waals surface area contributed by atoms with Crippen LogP contribution in [0, 0.1) is 12.8 Å². The average Bonchev–Trinajstić information content (AvgIpc) is 3.01. The van der Waals surface area contributed by atoms with Gasteiger partial charge in [-0.1, -0.05) is 49.4 Å². The van der Waals surface area contributed by atoms with Crippen molar-refractivity contribution in [2.45, 2.75) is 31.7 Å². The number of rotatable bonds is 6. The highest BCUT2D eigenvalue weighted by Gasteiger charge is 2.29. The molecular formula is C19H21N3O3S2. The van der Waals surface area contributed by atoms with E-state index < -0.39 is 22.0 Å². The molecular weight excluding hydrogens is 382 g/mol. The van der Waals surface area contributed by atoms with Crippen molar-refractivity contribution in [3.8, 4) is 0 Å². The van der Waals surface area contributed by atoms with E-state index in [1.165, 1.54) is 23.5 Å². The predicted molar refractivity (Wildman–Crippen MR) is 108 cm³/mol. The van der Waals surface area contributed by atoms with Crippen LogP contribution in [-0.2, 0) is 14.8 Å². The molecule has 1 heterocycles. The fraction of sp³-hybridized carbons (Fsp3) is 0.263. The molecule has 0 spiro atoms. The summed E-state index contributed by atoms with van der Waals surface area (Å²) in [5.41, 5.74) is 1.91. The number of aryl methyl sites for hydroxylation is 1. The Balaban J connectivity index is 1.80. The van der Waals surface area contributed by atoms with Gasteiger partial charge < -0.3 is 5.32 Å². The van der Waals surface area contributed by atoms with Crippen LogP contribution in [0.2, 0.25) is 0 Å². The van der Waals surface area contributed by atoms with E-state index in [1.54, 1.807) is 32.0 Å². The fourth-order valence-electron chi connectivity index (χ4n) is 2.60. The molecule has 0 saturated carbocycles. The Morgan fingerprint density at radius 2 is 1.81 bits per heavy atom. The zero-order valence-electron chi connectivity index (χ0n) is 15.3. The van der Waals surface area contributed by atoms with Crippen molar-refractivity contribution >= 4 is 42.6 Å². The van der Waals surface area contributed by atoms with Gasteiger partial charge in [0.15, 0.2) is 5.13 Å². The normalized spacial score (nSPS) is 13.0. The Kier molecular flexibility index (Phi) is 5.59. The summed E-state index contributed by atoms with van der Waals surface area (Å²) in [6, 6.07) is 12.9. The number of carbonyl (C=O) groups is 1. The van der Waals surface area contributed by atoms with Crippen LogP contribution in [0.15, 0.2) is 53.4 Å². The molecule has 0 fully saturated rings. The first-order valence-corrected chi connectivity index (χ1v) is 10.8. The van der Waals surface area contributed by atoms with Crippen molar-refractivity contribution < 1.29 is 13.2 Å². The monoisotopic (exact) mass is 403 g/mol. The molecule has 1 atom stereocenters. The molecule has 0 bridgehead atoms. The van der Waals surface area contributed by atoms with Gasteiger partial charge in [-0.25, -0.2) is 13.4 Å². The Morgan fingerprint density at radius 3 is 2.48 bits per heavy atom. The van der Waals surface area contributed by atoms with Gasteiger partial charge in [0.25, 0.3) is 0 Å². The smallest absolute Gasteiger partial charge is 0.244 e. The second-order valence-electron chi connectivity index (χ2n) is 6.64. The summed E-state index contributed by atoms with van der Waals surface area (Å²) in [5.74, 6) is -0.666. The summed E-state index contributed by atoms with van der Waals surface area (Å²) < 4.78 is 28.6. The van der Waals surface area contributed by atoms with Gasteiger partial charge in [0.2, 0.25) is 15.9 Å². The number of carbonyl (C=O) groups excluding carboxylic acids is 1. The third kappa shape index (κ3) is 4.52. The quantitative estimate of drug-likeness (QED) is 0.659. The summed E-state index contributed by atoms with van der Waals surface area (Å²) in [6.45, 7) is 5.57. The second-order valence-corrected chi connectivity index (χ2v) is 9.38. The topological polar surface area (TPSA) is 88.2 Å². The third-order valence-electron chi connectivity index (χ3n) is 4.06. The minimum Gasteiger partial charge on any atom is -0.301 e. The number of aromatic nitrogens is 1. The van der Waals surface area contributed by atoms with Gasteiger partial charge in [-0.2, -0.15) is 4.72 Å². The number of hydrogen-bond donors (Lipinski definition) is 2. The zero-order chi connectivity index (χ0) is 19.6. The minimum absolute atomic E-state index is 0.124. The highest BCUT2D eigenvalue weighted by Crippen LogP contribution is 2.27. The molecule has 2 N–H and O–H groups in total. The van der Waals surface area contributed by atoms with Crippen LogP contribution in [0.4, 0.5) is 5.13 Å². The number of thiazole rings is 1. The van der Waals surface area contributed by atoms with E-state index in [9.17, 15) is 13.2 Å². The second kappa shape index (κ2) is 7.75. The van der Waals surface area contributed by atoms with E-state index in [1.807, 2.05) is 25.1 Å². The molecule has 0 saturated heterocycles. The minimum atomic E-state index is -3.80. The van der Waals surface area contributed by atoms with Crippen LogP contribution in [0.5, 0.6) is 0 Å². The highest BCUT2D eigenvalue weighted by atomic mass is 32.2. The molecule has 0 aliphatic carbocycles. The van der Waals surface area contributed by atoms with Crippen LogP contribution < -0.4 is 10.0 Å². The summed E-state index contributed by atoms with van der Waals surface area (Å²) in [5, 5.41) is 3.20. The summed E-state index contributed by atoms with van der Waals surface area (Å²) in [7, 11) is -3.80. The third-order valence-corrected chi connectivity index (χ3v) is 6.45. The number of nitrogens with zero attached hydrogens (tertiary/aromatic N) is 1. The van der Waals surface area contributed by atoms with E-state index in [0.717, 1.165) is 15.8 Å². The lowest BCUT2D eigenvalue weighted by molar-refractivity contribution is -0.118. The van der Waals surface area contributed by atoms with Crippen LogP contribution >= 0.6 is 11.3 Å². The first-order valence-electron chi connectivity index (χ1n) is 8.52.